The predicted molar refractivity (Wildman–Crippen MR) is 79.5 cm³/mol. The Balaban J connectivity index is 2.35. The van der Waals surface area contributed by atoms with Crippen molar-refractivity contribution < 1.29 is 12.8 Å². The van der Waals surface area contributed by atoms with E-state index in [2.05, 4.69) is 20.8 Å². The van der Waals surface area contributed by atoms with Crippen molar-refractivity contribution in [2.45, 2.75) is 30.8 Å². The van der Waals surface area contributed by atoms with E-state index < -0.39 is 15.8 Å². The summed E-state index contributed by atoms with van der Waals surface area (Å²) in [4.78, 5) is 1.87. The molecule has 2 atom stereocenters. The molecule has 1 fully saturated rings. The van der Waals surface area contributed by atoms with Crippen LogP contribution in [0.25, 0.3) is 0 Å². The summed E-state index contributed by atoms with van der Waals surface area (Å²) < 4.78 is 41.0. The van der Waals surface area contributed by atoms with Gasteiger partial charge in [0.05, 0.1) is 0 Å². The zero-order chi connectivity index (χ0) is 15.1. The Morgan fingerprint density at radius 3 is 2.30 bits per heavy atom. The first kappa shape index (κ1) is 15.9. The fourth-order valence-electron chi connectivity index (χ4n) is 2.38. The second-order valence-corrected chi connectivity index (χ2v) is 8.08. The van der Waals surface area contributed by atoms with Crippen LogP contribution in [0.15, 0.2) is 27.6 Å². The topological polar surface area (TPSA) is 40.6 Å². The maximum Gasteiger partial charge on any atom is 0.246 e. The normalized spacial score (nSPS) is 25.9. The minimum atomic E-state index is -3.79. The maximum absolute atomic E-state index is 13.9. The summed E-state index contributed by atoms with van der Waals surface area (Å²) in [5.41, 5.74) is 0. The van der Waals surface area contributed by atoms with Crippen molar-refractivity contribution in [3.63, 3.8) is 0 Å². The molecule has 7 heteroatoms. The van der Waals surface area contributed by atoms with Gasteiger partial charge in [-0.15, -0.1) is 0 Å². The molecule has 0 spiro atoms. The van der Waals surface area contributed by atoms with Gasteiger partial charge in [-0.1, -0.05) is 15.9 Å². The van der Waals surface area contributed by atoms with Crippen molar-refractivity contribution in [3.8, 4) is 0 Å². The molecule has 1 heterocycles. The lowest BCUT2D eigenvalue weighted by molar-refractivity contribution is 0.105. The average Bonchev–Trinajstić information content (AvgIpc) is 2.34. The second-order valence-electron chi connectivity index (χ2n) is 5.26. The van der Waals surface area contributed by atoms with Gasteiger partial charge in [0.25, 0.3) is 0 Å². The lowest BCUT2D eigenvalue weighted by atomic mass is 10.1. The Morgan fingerprint density at radius 2 is 1.80 bits per heavy atom. The minimum absolute atomic E-state index is 0.104. The zero-order valence-electron chi connectivity index (χ0n) is 11.7. The SMILES string of the molecule is CC1CN(S(=O)(=O)c2ccc(Br)cc2F)CC(C)N1C. The molecule has 4 nitrogen and oxygen atoms in total. The molecular formula is C13H18BrFN2O2S. The third-order valence-corrected chi connectivity index (χ3v) is 6.20. The van der Waals surface area contributed by atoms with Crippen LogP contribution in [0.2, 0.25) is 0 Å². The molecule has 0 radical (unpaired) electrons. The Hall–Kier alpha value is -0.500. The highest BCUT2D eigenvalue weighted by Gasteiger charge is 2.35. The molecule has 1 saturated heterocycles. The first-order valence-corrected chi connectivity index (χ1v) is 8.64. The summed E-state index contributed by atoms with van der Waals surface area (Å²) in [5.74, 6) is -0.724. The molecule has 1 aliphatic heterocycles. The van der Waals surface area contributed by atoms with E-state index in [0.29, 0.717) is 17.6 Å². The van der Waals surface area contributed by atoms with Gasteiger partial charge >= 0.3 is 0 Å². The van der Waals surface area contributed by atoms with E-state index in [1.165, 1.54) is 16.4 Å². The lowest BCUT2D eigenvalue weighted by Crippen LogP contribution is -2.56. The third-order valence-electron chi connectivity index (χ3n) is 3.84. The summed E-state index contributed by atoms with van der Waals surface area (Å²) in [5, 5.41) is 0. The summed E-state index contributed by atoms with van der Waals surface area (Å²) in [7, 11) is -1.82. The number of hydrogen-bond acceptors (Lipinski definition) is 3. The van der Waals surface area contributed by atoms with Gasteiger partial charge in [0.1, 0.15) is 10.7 Å². The molecule has 1 aromatic rings. The van der Waals surface area contributed by atoms with Gasteiger partial charge in [-0.05, 0) is 39.1 Å². The molecule has 2 rings (SSSR count). The van der Waals surface area contributed by atoms with Crippen LogP contribution in [0.5, 0.6) is 0 Å². The monoisotopic (exact) mass is 364 g/mol. The molecule has 112 valence electrons. The van der Waals surface area contributed by atoms with Crippen molar-refractivity contribution in [3.05, 3.63) is 28.5 Å². The predicted octanol–water partition coefficient (Wildman–Crippen LogP) is 2.30. The fraction of sp³-hybridized carbons (Fsp3) is 0.538. The Morgan fingerprint density at radius 1 is 1.25 bits per heavy atom. The van der Waals surface area contributed by atoms with Gasteiger partial charge in [-0.25, -0.2) is 12.8 Å². The number of benzene rings is 1. The molecule has 0 aromatic heterocycles. The number of piperazine rings is 1. The quantitative estimate of drug-likeness (QED) is 0.808. The maximum atomic E-state index is 13.9. The summed E-state index contributed by atoms with van der Waals surface area (Å²) in [6.07, 6.45) is 0. The zero-order valence-corrected chi connectivity index (χ0v) is 14.1. The van der Waals surface area contributed by atoms with Gasteiger partial charge in [0, 0.05) is 29.6 Å². The van der Waals surface area contributed by atoms with E-state index in [1.807, 2.05) is 20.9 Å². The molecule has 2 unspecified atom stereocenters. The molecule has 1 aliphatic rings. The number of nitrogens with zero attached hydrogens (tertiary/aromatic N) is 2. The fourth-order valence-corrected chi connectivity index (χ4v) is 4.36. The highest BCUT2D eigenvalue weighted by molar-refractivity contribution is 9.10. The van der Waals surface area contributed by atoms with Gasteiger partial charge < -0.3 is 0 Å². The Bertz CT molecular complexity index is 596. The van der Waals surface area contributed by atoms with Gasteiger partial charge in [0.2, 0.25) is 10.0 Å². The number of likely N-dealkylation sites (N-methyl/N-ethyl adjacent to an activating group) is 1. The van der Waals surface area contributed by atoms with Crippen molar-refractivity contribution in [1.29, 1.82) is 0 Å². The molecule has 0 amide bonds. The molecule has 20 heavy (non-hydrogen) atoms. The summed E-state index contributed by atoms with van der Waals surface area (Å²) in [6.45, 7) is 4.68. The molecule has 0 N–H and O–H groups in total. The lowest BCUT2D eigenvalue weighted by Gasteiger charge is -2.41. The highest BCUT2D eigenvalue weighted by Crippen LogP contribution is 2.25. The van der Waals surface area contributed by atoms with Crippen LogP contribution in [0, 0.1) is 5.82 Å². The van der Waals surface area contributed by atoms with Crippen molar-refractivity contribution in [1.82, 2.24) is 9.21 Å². The number of rotatable bonds is 2. The molecular weight excluding hydrogens is 347 g/mol. The van der Waals surface area contributed by atoms with Gasteiger partial charge in [-0.3, -0.25) is 4.90 Å². The van der Waals surface area contributed by atoms with Crippen LogP contribution in [-0.4, -0.2) is 49.8 Å². The van der Waals surface area contributed by atoms with E-state index >= 15 is 0 Å². The third kappa shape index (κ3) is 2.90. The van der Waals surface area contributed by atoms with Crippen LogP contribution in [0.3, 0.4) is 0 Å². The van der Waals surface area contributed by atoms with Crippen molar-refractivity contribution >= 4 is 26.0 Å². The van der Waals surface area contributed by atoms with E-state index in [4.69, 9.17) is 0 Å². The molecule has 0 aliphatic carbocycles. The summed E-state index contributed by atoms with van der Waals surface area (Å²) >= 11 is 3.13. The first-order valence-electron chi connectivity index (χ1n) is 6.40. The number of halogens is 2. The molecule has 1 aromatic carbocycles. The van der Waals surface area contributed by atoms with Crippen molar-refractivity contribution in [2.75, 3.05) is 20.1 Å². The number of hydrogen-bond donors (Lipinski definition) is 0. The molecule has 0 bridgehead atoms. The largest absolute Gasteiger partial charge is 0.298 e. The average molecular weight is 365 g/mol. The van der Waals surface area contributed by atoms with Crippen LogP contribution in [-0.2, 0) is 10.0 Å². The molecule has 0 saturated carbocycles. The van der Waals surface area contributed by atoms with Crippen LogP contribution in [0.4, 0.5) is 4.39 Å². The second kappa shape index (κ2) is 5.71. The van der Waals surface area contributed by atoms with Crippen LogP contribution < -0.4 is 0 Å². The van der Waals surface area contributed by atoms with Gasteiger partial charge in [0.15, 0.2) is 0 Å². The van der Waals surface area contributed by atoms with Crippen LogP contribution in [0.1, 0.15) is 13.8 Å². The van der Waals surface area contributed by atoms with E-state index in [0.717, 1.165) is 0 Å². The van der Waals surface area contributed by atoms with Crippen molar-refractivity contribution in [2.24, 2.45) is 0 Å². The van der Waals surface area contributed by atoms with E-state index in [-0.39, 0.29) is 17.0 Å². The highest BCUT2D eigenvalue weighted by atomic mass is 79.9. The summed E-state index contributed by atoms with van der Waals surface area (Å²) in [6, 6.07) is 4.23. The first-order chi connectivity index (χ1) is 9.23. The Labute approximate surface area is 127 Å². The van der Waals surface area contributed by atoms with Gasteiger partial charge in [-0.2, -0.15) is 4.31 Å². The number of sulfonamides is 1. The standard InChI is InChI=1S/C13H18BrFN2O2S/c1-9-7-17(8-10(2)16(9)3)20(18,19)13-5-4-11(14)6-12(13)15/h4-6,9-10H,7-8H2,1-3H3. The van der Waals surface area contributed by atoms with E-state index in [1.54, 1.807) is 6.07 Å². The van der Waals surface area contributed by atoms with Crippen LogP contribution >= 0.6 is 15.9 Å². The Kier molecular flexibility index (Phi) is 4.53. The smallest absolute Gasteiger partial charge is 0.246 e. The van der Waals surface area contributed by atoms with E-state index in [9.17, 15) is 12.8 Å². The minimum Gasteiger partial charge on any atom is -0.298 e.